The zero-order chi connectivity index (χ0) is 15.3. The van der Waals surface area contributed by atoms with Gasteiger partial charge in [0, 0.05) is 0 Å². The monoisotopic (exact) mass is 293 g/mol. The van der Waals surface area contributed by atoms with Gasteiger partial charge in [-0.2, -0.15) is 0 Å². The van der Waals surface area contributed by atoms with E-state index in [1.165, 1.54) is 31.2 Å². The first-order chi connectivity index (χ1) is 10.3. The fourth-order valence-electron chi connectivity index (χ4n) is 2.18. The minimum atomic E-state index is 0.659. The third kappa shape index (κ3) is 7.37. The number of ether oxygens (including phenoxy) is 2. The van der Waals surface area contributed by atoms with E-state index in [2.05, 4.69) is 26.0 Å². The zero-order valence-corrected chi connectivity index (χ0v) is 13.7. The van der Waals surface area contributed by atoms with E-state index in [0.29, 0.717) is 6.54 Å². The van der Waals surface area contributed by atoms with E-state index in [-0.39, 0.29) is 0 Å². The first kappa shape index (κ1) is 17.8. The third-order valence-electron chi connectivity index (χ3n) is 3.45. The highest BCUT2D eigenvalue weighted by Crippen LogP contribution is 2.29. The van der Waals surface area contributed by atoms with Crippen LogP contribution in [0.2, 0.25) is 0 Å². The molecule has 21 heavy (non-hydrogen) atoms. The summed E-state index contributed by atoms with van der Waals surface area (Å²) in [6.07, 6.45) is 7.88. The second kappa shape index (κ2) is 11.4. The van der Waals surface area contributed by atoms with Crippen LogP contribution in [0.25, 0.3) is 0 Å². The maximum absolute atomic E-state index is 5.92. The Morgan fingerprint density at radius 2 is 1.48 bits per heavy atom. The first-order valence-corrected chi connectivity index (χ1v) is 8.40. The molecule has 2 N–H and O–H groups in total. The van der Waals surface area contributed by atoms with Gasteiger partial charge < -0.3 is 15.2 Å². The summed E-state index contributed by atoms with van der Waals surface area (Å²) in [6, 6.07) is 6.18. The lowest BCUT2D eigenvalue weighted by Crippen LogP contribution is -2.05. The fourth-order valence-corrected chi connectivity index (χ4v) is 2.18. The van der Waals surface area contributed by atoms with Crippen molar-refractivity contribution in [2.24, 2.45) is 5.73 Å². The highest BCUT2D eigenvalue weighted by molar-refractivity contribution is 5.43. The van der Waals surface area contributed by atoms with Gasteiger partial charge in [-0.25, -0.2) is 0 Å². The molecule has 0 atom stereocenters. The number of rotatable bonds is 12. The quantitative estimate of drug-likeness (QED) is 0.583. The van der Waals surface area contributed by atoms with Crippen molar-refractivity contribution in [3.63, 3.8) is 0 Å². The summed E-state index contributed by atoms with van der Waals surface area (Å²) in [7, 11) is 0. The predicted molar refractivity (Wildman–Crippen MR) is 89.2 cm³/mol. The van der Waals surface area contributed by atoms with Crippen LogP contribution < -0.4 is 15.2 Å². The molecule has 0 aliphatic carbocycles. The predicted octanol–water partition coefficient (Wildman–Crippen LogP) is 4.33. The van der Waals surface area contributed by atoms with Crippen molar-refractivity contribution < 1.29 is 9.47 Å². The van der Waals surface area contributed by atoms with E-state index in [9.17, 15) is 0 Å². The average molecular weight is 293 g/mol. The maximum atomic E-state index is 5.92. The Morgan fingerprint density at radius 3 is 2.05 bits per heavy atom. The molecule has 0 radical (unpaired) electrons. The number of unbranched alkanes of at least 4 members (excludes halogenated alkanes) is 4. The van der Waals surface area contributed by atoms with E-state index >= 15 is 0 Å². The summed E-state index contributed by atoms with van der Waals surface area (Å²) in [6.45, 7) is 6.57. The van der Waals surface area contributed by atoms with Crippen LogP contribution in [0.4, 0.5) is 0 Å². The Labute approximate surface area is 129 Å². The van der Waals surface area contributed by atoms with Gasteiger partial charge in [0.1, 0.15) is 0 Å². The molecule has 120 valence electrons. The minimum Gasteiger partial charge on any atom is -0.490 e. The summed E-state index contributed by atoms with van der Waals surface area (Å²) in [5.74, 6) is 1.73. The Morgan fingerprint density at radius 1 is 0.857 bits per heavy atom. The standard InChI is InChI=1S/C18H31NO2/c1-3-5-7-13-20-17-10-9-16(11-12-19)15-18(17)21-14-8-6-4-2/h9-10,15H,3-8,11-14,19H2,1-2H3. The second-order valence-electron chi connectivity index (χ2n) is 5.43. The molecule has 1 aromatic rings. The molecule has 0 aliphatic rings. The molecule has 0 aliphatic heterocycles. The molecule has 0 saturated heterocycles. The van der Waals surface area contributed by atoms with Gasteiger partial charge in [-0.15, -0.1) is 0 Å². The molecule has 0 fully saturated rings. The molecule has 0 aromatic heterocycles. The van der Waals surface area contributed by atoms with Gasteiger partial charge in [0.15, 0.2) is 11.5 Å². The first-order valence-electron chi connectivity index (χ1n) is 8.40. The van der Waals surface area contributed by atoms with Crippen molar-refractivity contribution in [3.05, 3.63) is 23.8 Å². The topological polar surface area (TPSA) is 44.5 Å². The van der Waals surface area contributed by atoms with E-state index in [1.54, 1.807) is 0 Å². The Balaban J connectivity index is 2.60. The maximum Gasteiger partial charge on any atom is 0.161 e. The van der Waals surface area contributed by atoms with Crippen molar-refractivity contribution in [2.75, 3.05) is 19.8 Å². The molecule has 0 bridgehead atoms. The van der Waals surface area contributed by atoms with Gasteiger partial charge >= 0.3 is 0 Å². The third-order valence-corrected chi connectivity index (χ3v) is 3.45. The van der Waals surface area contributed by atoms with Gasteiger partial charge in [0.05, 0.1) is 13.2 Å². The number of hydrogen-bond acceptors (Lipinski definition) is 3. The molecule has 0 heterocycles. The normalized spacial score (nSPS) is 10.6. The summed E-state index contributed by atoms with van der Waals surface area (Å²) in [4.78, 5) is 0. The van der Waals surface area contributed by atoms with Crippen molar-refractivity contribution in [1.82, 2.24) is 0 Å². The molecule has 3 heteroatoms. The number of hydrogen-bond donors (Lipinski definition) is 1. The summed E-state index contributed by atoms with van der Waals surface area (Å²) >= 11 is 0. The lowest BCUT2D eigenvalue weighted by atomic mass is 10.1. The molecular weight excluding hydrogens is 262 g/mol. The second-order valence-corrected chi connectivity index (χ2v) is 5.43. The summed E-state index contributed by atoms with van der Waals surface area (Å²) < 4.78 is 11.8. The van der Waals surface area contributed by atoms with Gasteiger partial charge in [-0.1, -0.05) is 45.6 Å². The largest absolute Gasteiger partial charge is 0.490 e. The number of nitrogens with two attached hydrogens (primary N) is 1. The molecule has 1 rings (SSSR count). The van der Waals surface area contributed by atoms with Crippen LogP contribution in [0, 0.1) is 0 Å². The average Bonchev–Trinajstić information content (AvgIpc) is 2.50. The fraction of sp³-hybridized carbons (Fsp3) is 0.667. The van der Waals surface area contributed by atoms with Crippen molar-refractivity contribution in [2.45, 2.75) is 58.8 Å². The lowest BCUT2D eigenvalue weighted by molar-refractivity contribution is 0.259. The van der Waals surface area contributed by atoms with E-state index < -0.39 is 0 Å². The minimum absolute atomic E-state index is 0.659. The van der Waals surface area contributed by atoms with Crippen LogP contribution in [0.5, 0.6) is 11.5 Å². The van der Waals surface area contributed by atoms with Crippen LogP contribution >= 0.6 is 0 Å². The van der Waals surface area contributed by atoms with E-state index in [1.807, 2.05) is 6.07 Å². The van der Waals surface area contributed by atoms with Crippen LogP contribution in [0.3, 0.4) is 0 Å². The van der Waals surface area contributed by atoms with Gasteiger partial charge in [0.25, 0.3) is 0 Å². The molecular formula is C18H31NO2. The molecule has 0 unspecified atom stereocenters. The van der Waals surface area contributed by atoms with Crippen molar-refractivity contribution in [3.8, 4) is 11.5 Å². The summed E-state index contributed by atoms with van der Waals surface area (Å²) in [5, 5.41) is 0. The van der Waals surface area contributed by atoms with Gasteiger partial charge in [0.2, 0.25) is 0 Å². The van der Waals surface area contributed by atoms with Gasteiger partial charge in [-0.05, 0) is 43.5 Å². The highest BCUT2D eigenvalue weighted by Gasteiger charge is 2.07. The Hall–Kier alpha value is -1.22. The molecule has 0 saturated carbocycles. The Bertz CT molecular complexity index is 379. The molecule has 1 aromatic carbocycles. The van der Waals surface area contributed by atoms with Crippen molar-refractivity contribution >= 4 is 0 Å². The van der Waals surface area contributed by atoms with Crippen molar-refractivity contribution in [1.29, 1.82) is 0 Å². The summed E-state index contributed by atoms with van der Waals surface area (Å²) in [5.41, 5.74) is 6.84. The van der Waals surface area contributed by atoms with Crippen LogP contribution in [-0.2, 0) is 6.42 Å². The van der Waals surface area contributed by atoms with Crippen LogP contribution in [0.15, 0.2) is 18.2 Å². The molecule has 0 spiro atoms. The Kier molecular flexibility index (Phi) is 9.71. The number of benzene rings is 1. The van der Waals surface area contributed by atoms with Crippen LogP contribution in [0.1, 0.15) is 57.9 Å². The lowest BCUT2D eigenvalue weighted by Gasteiger charge is -2.14. The zero-order valence-electron chi connectivity index (χ0n) is 13.7. The van der Waals surface area contributed by atoms with Crippen LogP contribution in [-0.4, -0.2) is 19.8 Å². The molecule has 3 nitrogen and oxygen atoms in total. The molecule has 0 amide bonds. The highest BCUT2D eigenvalue weighted by atomic mass is 16.5. The smallest absolute Gasteiger partial charge is 0.161 e. The van der Waals surface area contributed by atoms with E-state index in [0.717, 1.165) is 44.0 Å². The van der Waals surface area contributed by atoms with Gasteiger partial charge in [-0.3, -0.25) is 0 Å². The van der Waals surface area contributed by atoms with E-state index in [4.69, 9.17) is 15.2 Å². The SMILES string of the molecule is CCCCCOc1ccc(CCN)cc1OCCCCC.